The zero-order chi connectivity index (χ0) is 14.0. The average molecular weight is 294 g/mol. The average Bonchev–Trinajstić information content (AvgIpc) is 2.89. The minimum Gasteiger partial charge on any atom is -0.244 e. The molecule has 0 atom stereocenters. The fraction of sp³-hybridized carbons (Fsp3) is 0.538. The molecular weight excluding hydrogens is 276 g/mol. The predicted molar refractivity (Wildman–Crippen MR) is 76.7 cm³/mol. The summed E-state index contributed by atoms with van der Waals surface area (Å²) >= 11 is 0. The maximum Gasteiger partial charge on any atom is 0.215 e. The van der Waals surface area contributed by atoms with E-state index in [1.807, 2.05) is 24.3 Å². The fourth-order valence-electron chi connectivity index (χ4n) is 2.56. The molecule has 0 unspecified atom stereocenters. The molecule has 0 amide bonds. The molecule has 1 aromatic carbocycles. The Morgan fingerprint density at radius 1 is 1.10 bits per heavy atom. The highest BCUT2D eigenvalue weighted by Gasteiger charge is 2.23. The second-order valence-electron chi connectivity index (χ2n) is 5.08. The maximum absolute atomic E-state index is 12.3. The number of fused-ring (bicyclic) bond motifs is 1. The lowest BCUT2D eigenvalue weighted by molar-refractivity contribution is 0.345. The van der Waals surface area contributed by atoms with E-state index in [0.717, 1.165) is 30.3 Å². The van der Waals surface area contributed by atoms with Crippen molar-refractivity contribution >= 4 is 21.1 Å². The molecule has 1 aromatic heterocycles. The number of benzene rings is 1. The Kier molecular flexibility index (Phi) is 3.71. The van der Waals surface area contributed by atoms with Crippen molar-refractivity contribution in [1.82, 2.24) is 19.3 Å². The third kappa shape index (κ3) is 2.69. The number of hydrogen-bond donors (Lipinski definition) is 0. The van der Waals surface area contributed by atoms with Gasteiger partial charge in [-0.3, -0.25) is 0 Å². The van der Waals surface area contributed by atoms with E-state index >= 15 is 0 Å². The first kappa shape index (κ1) is 13.5. The van der Waals surface area contributed by atoms with Crippen LogP contribution in [0.15, 0.2) is 24.3 Å². The molecule has 0 saturated carbocycles. The van der Waals surface area contributed by atoms with Gasteiger partial charge in [-0.25, -0.2) is 17.4 Å². The number of hydrogen-bond acceptors (Lipinski definition) is 4. The molecule has 20 heavy (non-hydrogen) atoms. The largest absolute Gasteiger partial charge is 0.244 e. The van der Waals surface area contributed by atoms with Gasteiger partial charge >= 0.3 is 0 Å². The lowest BCUT2D eigenvalue weighted by atomic mass is 10.2. The van der Waals surface area contributed by atoms with Crippen molar-refractivity contribution in [1.29, 1.82) is 0 Å². The number of aromatic nitrogens is 3. The van der Waals surface area contributed by atoms with Gasteiger partial charge in [-0.15, -0.1) is 5.10 Å². The van der Waals surface area contributed by atoms with Gasteiger partial charge in [0.25, 0.3) is 0 Å². The summed E-state index contributed by atoms with van der Waals surface area (Å²) in [4.78, 5) is 0. The van der Waals surface area contributed by atoms with Crippen LogP contribution in [0.5, 0.6) is 0 Å². The minimum atomic E-state index is -3.18. The Morgan fingerprint density at radius 3 is 2.65 bits per heavy atom. The van der Waals surface area contributed by atoms with Crippen molar-refractivity contribution in [3.8, 4) is 0 Å². The van der Waals surface area contributed by atoms with Gasteiger partial charge in [0.05, 0.1) is 17.8 Å². The summed E-state index contributed by atoms with van der Waals surface area (Å²) < 4.78 is 27.8. The van der Waals surface area contributed by atoms with Crippen LogP contribution in [-0.2, 0) is 16.6 Å². The van der Waals surface area contributed by atoms with Crippen molar-refractivity contribution in [2.24, 2.45) is 0 Å². The zero-order valence-corrected chi connectivity index (χ0v) is 12.1. The van der Waals surface area contributed by atoms with Gasteiger partial charge in [-0.1, -0.05) is 23.8 Å². The van der Waals surface area contributed by atoms with Gasteiger partial charge in [-0.2, -0.15) is 0 Å². The topological polar surface area (TPSA) is 68.1 Å². The summed E-state index contributed by atoms with van der Waals surface area (Å²) in [6.45, 7) is 1.65. The van der Waals surface area contributed by atoms with Crippen LogP contribution in [-0.4, -0.2) is 46.6 Å². The SMILES string of the molecule is O=S(=O)(CCn1nnc2ccccc21)N1CCCCC1. The lowest BCUT2D eigenvalue weighted by Gasteiger charge is -2.25. The quantitative estimate of drug-likeness (QED) is 0.851. The van der Waals surface area contributed by atoms with Crippen molar-refractivity contribution in [3.05, 3.63) is 24.3 Å². The normalized spacial score (nSPS) is 17.6. The van der Waals surface area contributed by atoms with Crippen LogP contribution < -0.4 is 0 Å². The van der Waals surface area contributed by atoms with Crippen molar-refractivity contribution in [2.75, 3.05) is 18.8 Å². The number of nitrogens with zero attached hydrogens (tertiary/aromatic N) is 4. The van der Waals surface area contributed by atoms with Crippen molar-refractivity contribution in [3.63, 3.8) is 0 Å². The summed E-state index contributed by atoms with van der Waals surface area (Å²) in [6, 6.07) is 7.58. The Balaban J connectivity index is 1.72. The molecule has 0 bridgehead atoms. The Labute approximate surface area is 118 Å². The Bertz CT molecular complexity index is 689. The molecule has 0 aliphatic carbocycles. The van der Waals surface area contributed by atoms with Gasteiger partial charge in [0.15, 0.2) is 0 Å². The van der Waals surface area contributed by atoms with E-state index in [2.05, 4.69) is 10.3 Å². The first-order valence-corrected chi connectivity index (χ1v) is 8.54. The Morgan fingerprint density at radius 2 is 1.85 bits per heavy atom. The third-order valence-electron chi connectivity index (χ3n) is 3.69. The second-order valence-corrected chi connectivity index (χ2v) is 7.17. The first-order valence-electron chi connectivity index (χ1n) is 6.93. The van der Waals surface area contributed by atoms with E-state index < -0.39 is 10.0 Å². The van der Waals surface area contributed by atoms with E-state index in [1.165, 1.54) is 0 Å². The molecule has 1 fully saturated rings. The second kappa shape index (κ2) is 5.49. The summed E-state index contributed by atoms with van der Waals surface area (Å²) in [5.41, 5.74) is 1.67. The summed E-state index contributed by atoms with van der Waals surface area (Å²) in [7, 11) is -3.18. The Hall–Kier alpha value is -1.47. The van der Waals surface area contributed by atoms with Crippen LogP contribution in [0.4, 0.5) is 0 Å². The van der Waals surface area contributed by atoms with Crippen LogP contribution in [0.3, 0.4) is 0 Å². The molecule has 1 aliphatic rings. The number of sulfonamides is 1. The molecule has 0 spiro atoms. The molecule has 1 aliphatic heterocycles. The van der Waals surface area contributed by atoms with E-state index in [-0.39, 0.29) is 5.75 Å². The van der Waals surface area contributed by atoms with Crippen LogP contribution in [0, 0.1) is 0 Å². The fourth-order valence-corrected chi connectivity index (χ4v) is 4.03. The molecule has 0 N–H and O–H groups in total. The number of para-hydroxylation sites is 1. The van der Waals surface area contributed by atoms with Crippen LogP contribution in [0.25, 0.3) is 11.0 Å². The molecule has 3 rings (SSSR count). The minimum absolute atomic E-state index is 0.0837. The van der Waals surface area contributed by atoms with Gasteiger partial charge < -0.3 is 0 Å². The summed E-state index contributed by atoms with van der Waals surface area (Å²) in [5.74, 6) is 0.0837. The van der Waals surface area contributed by atoms with Gasteiger partial charge in [0.2, 0.25) is 10.0 Å². The summed E-state index contributed by atoms with van der Waals surface area (Å²) in [5, 5.41) is 8.06. The number of aryl methyl sites for hydroxylation is 1. The van der Waals surface area contributed by atoms with E-state index in [4.69, 9.17) is 0 Å². The highest BCUT2D eigenvalue weighted by Crippen LogP contribution is 2.15. The highest BCUT2D eigenvalue weighted by molar-refractivity contribution is 7.89. The molecule has 2 aromatic rings. The molecule has 108 valence electrons. The van der Waals surface area contributed by atoms with E-state index in [1.54, 1.807) is 8.99 Å². The van der Waals surface area contributed by atoms with Crippen LogP contribution in [0.1, 0.15) is 19.3 Å². The standard InChI is InChI=1S/C13H18N4O2S/c18-20(19,16-8-4-1-5-9-16)11-10-17-13-7-3-2-6-12(13)14-15-17/h2-3,6-7H,1,4-5,8-11H2. The highest BCUT2D eigenvalue weighted by atomic mass is 32.2. The monoisotopic (exact) mass is 294 g/mol. The van der Waals surface area contributed by atoms with Crippen LogP contribution in [0.2, 0.25) is 0 Å². The molecule has 0 radical (unpaired) electrons. The zero-order valence-electron chi connectivity index (χ0n) is 11.3. The molecule has 7 heteroatoms. The van der Waals surface area contributed by atoms with Crippen molar-refractivity contribution in [2.45, 2.75) is 25.8 Å². The van der Waals surface area contributed by atoms with Crippen molar-refractivity contribution < 1.29 is 8.42 Å². The first-order chi connectivity index (χ1) is 9.67. The van der Waals surface area contributed by atoms with Gasteiger partial charge in [-0.05, 0) is 25.0 Å². The molecule has 1 saturated heterocycles. The smallest absolute Gasteiger partial charge is 0.215 e. The number of piperidine rings is 1. The molecule has 2 heterocycles. The lowest BCUT2D eigenvalue weighted by Crippen LogP contribution is -2.38. The van der Waals surface area contributed by atoms with Gasteiger partial charge in [0.1, 0.15) is 5.52 Å². The molecular formula is C13H18N4O2S. The molecule has 6 nitrogen and oxygen atoms in total. The maximum atomic E-state index is 12.3. The van der Waals surface area contributed by atoms with Gasteiger partial charge in [0, 0.05) is 13.1 Å². The summed E-state index contributed by atoms with van der Waals surface area (Å²) in [6.07, 6.45) is 3.05. The van der Waals surface area contributed by atoms with Crippen LogP contribution >= 0.6 is 0 Å². The van der Waals surface area contributed by atoms with E-state index in [9.17, 15) is 8.42 Å². The van der Waals surface area contributed by atoms with E-state index in [0.29, 0.717) is 19.6 Å². The third-order valence-corrected chi connectivity index (χ3v) is 5.54. The number of rotatable bonds is 4. The predicted octanol–water partition coefficient (Wildman–Crippen LogP) is 1.25.